The largest absolute Gasteiger partial charge is 0.497 e. The summed E-state index contributed by atoms with van der Waals surface area (Å²) in [5, 5.41) is 0. The number of benzene rings is 1. The number of amides is 3. The van der Waals surface area contributed by atoms with Crippen molar-refractivity contribution in [3.8, 4) is 5.75 Å². The first kappa shape index (κ1) is 19.7. The Bertz CT molecular complexity index is 829. The van der Waals surface area contributed by atoms with Crippen LogP contribution in [0.2, 0.25) is 0 Å². The van der Waals surface area contributed by atoms with Crippen molar-refractivity contribution in [2.45, 2.75) is 26.2 Å². The molecule has 7 heteroatoms. The maximum absolute atomic E-state index is 13.2. The molecule has 0 bridgehead atoms. The summed E-state index contributed by atoms with van der Waals surface area (Å²) in [5.41, 5.74) is -0.0928. The second kappa shape index (κ2) is 7.04. The van der Waals surface area contributed by atoms with Crippen LogP contribution >= 0.6 is 0 Å². The average Bonchev–Trinajstić information content (AvgIpc) is 3.21. The SMILES string of the molecule is COc1ccc(C(=O)N2CCC3(CC2)CN(C(C)=O)C[C@@]32CCN(C)C2=O)cc1. The van der Waals surface area contributed by atoms with E-state index < -0.39 is 5.41 Å². The Morgan fingerprint density at radius 3 is 2.14 bits per heavy atom. The lowest BCUT2D eigenvalue weighted by Crippen LogP contribution is -2.53. The number of fused-ring (bicyclic) bond motifs is 1. The monoisotopic (exact) mass is 399 g/mol. The molecule has 0 unspecified atom stereocenters. The minimum atomic E-state index is -0.497. The second-order valence-electron chi connectivity index (χ2n) is 8.73. The Labute approximate surface area is 171 Å². The third-order valence-electron chi connectivity index (χ3n) is 7.39. The molecule has 3 saturated heterocycles. The van der Waals surface area contributed by atoms with Crippen molar-refractivity contribution in [2.24, 2.45) is 10.8 Å². The molecule has 2 spiro atoms. The molecule has 1 aromatic rings. The maximum atomic E-state index is 13.2. The molecular weight excluding hydrogens is 370 g/mol. The van der Waals surface area contributed by atoms with Gasteiger partial charge in [0.25, 0.3) is 5.91 Å². The summed E-state index contributed by atoms with van der Waals surface area (Å²) in [6.07, 6.45) is 2.29. The number of hydrogen-bond acceptors (Lipinski definition) is 4. The van der Waals surface area contributed by atoms with Crippen LogP contribution in [0.4, 0.5) is 0 Å². The van der Waals surface area contributed by atoms with Crippen molar-refractivity contribution in [1.29, 1.82) is 0 Å². The Morgan fingerprint density at radius 2 is 1.62 bits per heavy atom. The van der Waals surface area contributed by atoms with Gasteiger partial charge in [-0.15, -0.1) is 0 Å². The fourth-order valence-corrected chi connectivity index (χ4v) is 5.55. The number of carbonyl (C=O) groups is 3. The van der Waals surface area contributed by atoms with E-state index in [1.165, 1.54) is 0 Å². The van der Waals surface area contributed by atoms with Crippen LogP contribution in [0.15, 0.2) is 24.3 Å². The summed E-state index contributed by atoms with van der Waals surface area (Å²) in [5.74, 6) is 0.921. The van der Waals surface area contributed by atoms with Crippen molar-refractivity contribution in [1.82, 2.24) is 14.7 Å². The number of ether oxygens (including phenoxy) is 1. The number of methoxy groups -OCH3 is 1. The third kappa shape index (κ3) is 2.98. The molecule has 0 saturated carbocycles. The molecule has 3 amide bonds. The first-order valence-electron chi connectivity index (χ1n) is 10.3. The van der Waals surface area contributed by atoms with Crippen LogP contribution in [-0.2, 0) is 9.59 Å². The molecule has 3 aliphatic rings. The van der Waals surface area contributed by atoms with Crippen molar-refractivity contribution in [2.75, 3.05) is 46.9 Å². The van der Waals surface area contributed by atoms with Crippen molar-refractivity contribution >= 4 is 17.7 Å². The van der Waals surface area contributed by atoms with Gasteiger partial charge in [0.2, 0.25) is 11.8 Å². The maximum Gasteiger partial charge on any atom is 0.253 e. The molecular formula is C22H29N3O4. The molecule has 3 heterocycles. The average molecular weight is 399 g/mol. The minimum Gasteiger partial charge on any atom is -0.497 e. The fourth-order valence-electron chi connectivity index (χ4n) is 5.55. The van der Waals surface area contributed by atoms with E-state index in [-0.39, 0.29) is 23.1 Å². The van der Waals surface area contributed by atoms with E-state index in [4.69, 9.17) is 4.74 Å². The Morgan fingerprint density at radius 1 is 0.966 bits per heavy atom. The summed E-state index contributed by atoms with van der Waals surface area (Å²) < 4.78 is 5.17. The molecule has 3 fully saturated rings. The lowest BCUT2D eigenvalue weighted by Gasteiger charge is -2.46. The third-order valence-corrected chi connectivity index (χ3v) is 7.39. The van der Waals surface area contributed by atoms with Crippen LogP contribution < -0.4 is 4.74 Å². The number of likely N-dealkylation sites (tertiary alicyclic amines) is 3. The van der Waals surface area contributed by atoms with E-state index in [0.717, 1.165) is 31.6 Å². The van der Waals surface area contributed by atoms with Gasteiger partial charge in [-0.3, -0.25) is 14.4 Å². The van der Waals surface area contributed by atoms with Gasteiger partial charge in [0.1, 0.15) is 5.75 Å². The quantitative estimate of drug-likeness (QED) is 0.758. The van der Waals surface area contributed by atoms with Gasteiger partial charge in [-0.1, -0.05) is 0 Å². The molecule has 156 valence electrons. The standard InChI is InChI=1S/C22H29N3O4/c1-16(26)25-14-21(22(15-25)10-11-23(2)20(22)28)8-12-24(13-9-21)19(27)17-4-6-18(29-3)7-5-17/h4-7H,8-15H2,1-3H3/t22-/m1/s1. The molecule has 29 heavy (non-hydrogen) atoms. The molecule has 1 atom stereocenters. The zero-order valence-corrected chi connectivity index (χ0v) is 17.4. The number of rotatable bonds is 2. The van der Waals surface area contributed by atoms with Crippen LogP contribution in [0, 0.1) is 10.8 Å². The van der Waals surface area contributed by atoms with E-state index >= 15 is 0 Å². The second-order valence-corrected chi connectivity index (χ2v) is 8.73. The highest BCUT2D eigenvalue weighted by atomic mass is 16.5. The van der Waals surface area contributed by atoms with Crippen LogP contribution in [0.25, 0.3) is 0 Å². The summed E-state index contributed by atoms with van der Waals surface area (Å²) in [6.45, 7) is 4.66. The van der Waals surface area contributed by atoms with Gasteiger partial charge >= 0.3 is 0 Å². The Hall–Kier alpha value is -2.57. The van der Waals surface area contributed by atoms with E-state index in [0.29, 0.717) is 31.7 Å². The fraction of sp³-hybridized carbons (Fsp3) is 0.591. The molecule has 0 N–H and O–H groups in total. The molecule has 0 aliphatic carbocycles. The van der Waals surface area contributed by atoms with Crippen LogP contribution in [0.1, 0.15) is 36.5 Å². The lowest BCUT2D eigenvalue weighted by atomic mass is 9.60. The van der Waals surface area contributed by atoms with Crippen LogP contribution in [-0.4, -0.2) is 79.3 Å². The van der Waals surface area contributed by atoms with Crippen molar-refractivity contribution < 1.29 is 19.1 Å². The normalized spacial score (nSPS) is 25.9. The Balaban J connectivity index is 1.53. The van der Waals surface area contributed by atoms with Gasteiger partial charge in [-0.05, 0) is 43.5 Å². The van der Waals surface area contributed by atoms with E-state index in [1.807, 2.05) is 16.8 Å². The zero-order chi connectivity index (χ0) is 20.8. The lowest BCUT2D eigenvalue weighted by molar-refractivity contribution is -0.141. The van der Waals surface area contributed by atoms with E-state index in [1.54, 1.807) is 43.2 Å². The molecule has 1 aromatic carbocycles. The van der Waals surface area contributed by atoms with Crippen LogP contribution in [0.3, 0.4) is 0 Å². The summed E-state index contributed by atoms with van der Waals surface area (Å²) in [6, 6.07) is 7.16. The van der Waals surface area contributed by atoms with Crippen molar-refractivity contribution in [3.63, 3.8) is 0 Å². The van der Waals surface area contributed by atoms with Gasteiger partial charge in [-0.25, -0.2) is 0 Å². The van der Waals surface area contributed by atoms with E-state index in [2.05, 4.69) is 0 Å². The van der Waals surface area contributed by atoms with E-state index in [9.17, 15) is 14.4 Å². The number of hydrogen-bond donors (Lipinski definition) is 0. The van der Waals surface area contributed by atoms with Gasteiger partial charge in [-0.2, -0.15) is 0 Å². The number of carbonyl (C=O) groups excluding carboxylic acids is 3. The minimum absolute atomic E-state index is 0.00726. The van der Waals surface area contributed by atoms with Crippen molar-refractivity contribution in [3.05, 3.63) is 29.8 Å². The van der Waals surface area contributed by atoms with Crippen LogP contribution in [0.5, 0.6) is 5.75 Å². The number of piperidine rings is 1. The van der Waals surface area contributed by atoms with Gasteiger partial charge in [0, 0.05) is 57.7 Å². The smallest absolute Gasteiger partial charge is 0.253 e. The van der Waals surface area contributed by atoms with Gasteiger partial charge in [0.05, 0.1) is 12.5 Å². The topological polar surface area (TPSA) is 70.2 Å². The summed E-state index contributed by atoms with van der Waals surface area (Å²) >= 11 is 0. The summed E-state index contributed by atoms with van der Waals surface area (Å²) in [7, 11) is 3.45. The molecule has 0 aromatic heterocycles. The highest BCUT2D eigenvalue weighted by molar-refractivity contribution is 5.94. The molecule has 4 rings (SSSR count). The first-order valence-corrected chi connectivity index (χ1v) is 10.3. The highest BCUT2D eigenvalue weighted by Crippen LogP contribution is 2.57. The predicted molar refractivity (Wildman–Crippen MR) is 108 cm³/mol. The first-order chi connectivity index (χ1) is 13.8. The number of nitrogens with zero attached hydrogens (tertiary/aromatic N) is 3. The predicted octanol–water partition coefficient (Wildman–Crippen LogP) is 1.63. The Kier molecular flexibility index (Phi) is 4.79. The zero-order valence-electron chi connectivity index (χ0n) is 17.4. The molecule has 0 radical (unpaired) electrons. The molecule has 3 aliphatic heterocycles. The summed E-state index contributed by atoms with van der Waals surface area (Å²) in [4.78, 5) is 43.8. The van der Waals surface area contributed by atoms with Gasteiger partial charge in [0.15, 0.2) is 0 Å². The van der Waals surface area contributed by atoms with Gasteiger partial charge < -0.3 is 19.4 Å². The highest BCUT2D eigenvalue weighted by Gasteiger charge is 2.65. The molecule has 7 nitrogen and oxygen atoms in total.